The summed E-state index contributed by atoms with van der Waals surface area (Å²) in [5.41, 5.74) is 2.42. The van der Waals surface area contributed by atoms with Gasteiger partial charge in [-0.15, -0.1) is 0 Å². The largest absolute Gasteiger partial charge is 0.394 e. The van der Waals surface area contributed by atoms with E-state index in [1.54, 1.807) is 6.21 Å². The van der Waals surface area contributed by atoms with Crippen molar-refractivity contribution in [3.05, 3.63) is 35.5 Å². The Morgan fingerprint density at radius 1 is 1.21 bits per heavy atom. The molecule has 0 amide bonds. The summed E-state index contributed by atoms with van der Waals surface area (Å²) < 4.78 is 0. The quantitative estimate of drug-likeness (QED) is 0.528. The van der Waals surface area contributed by atoms with Crippen molar-refractivity contribution in [2.75, 3.05) is 13.2 Å². The fraction of sp³-hybridized carbons (Fsp3) is 0.417. The minimum absolute atomic E-state index is 0.108. The predicted molar refractivity (Wildman–Crippen MR) is 62.8 cm³/mol. The zero-order valence-corrected chi connectivity index (χ0v) is 9.20. The Balaban J connectivity index is 4.00. The molecular weight excluding hydrogens is 174 g/mol. The second-order valence-electron chi connectivity index (χ2n) is 3.29. The molecule has 0 saturated carbocycles. The molecule has 0 heterocycles. The van der Waals surface area contributed by atoms with E-state index in [0.717, 1.165) is 5.57 Å². The highest BCUT2D eigenvalue weighted by Gasteiger charge is 1.78. The van der Waals surface area contributed by atoms with Crippen molar-refractivity contribution in [3.8, 4) is 0 Å². The van der Waals surface area contributed by atoms with Crippen molar-refractivity contribution < 1.29 is 5.11 Å². The third-order valence-corrected chi connectivity index (χ3v) is 1.46. The molecular formula is C12H19NO. The van der Waals surface area contributed by atoms with Crippen LogP contribution in [0.2, 0.25) is 0 Å². The van der Waals surface area contributed by atoms with Gasteiger partial charge in [0, 0.05) is 6.21 Å². The SMILES string of the molecule is CC(C)=C/C=C/C(C)=C/C=NCCO. The molecule has 0 aliphatic carbocycles. The molecule has 0 bridgehead atoms. The van der Waals surface area contributed by atoms with Crippen LogP contribution in [-0.2, 0) is 0 Å². The molecule has 0 aromatic rings. The number of nitrogens with zero attached hydrogens (tertiary/aromatic N) is 1. The summed E-state index contributed by atoms with van der Waals surface area (Å²) in [6.45, 7) is 6.72. The first kappa shape index (κ1) is 12.8. The van der Waals surface area contributed by atoms with Gasteiger partial charge in [-0.25, -0.2) is 0 Å². The van der Waals surface area contributed by atoms with Gasteiger partial charge in [-0.05, 0) is 32.4 Å². The summed E-state index contributed by atoms with van der Waals surface area (Å²) in [6.07, 6.45) is 9.74. The smallest absolute Gasteiger partial charge is 0.0626 e. The van der Waals surface area contributed by atoms with E-state index in [1.165, 1.54) is 5.57 Å². The summed E-state index contributed by atoms with van der Waals surface area (Å²) >= 11 is 0. The van der Waals surface area contributed by atoms with E-state index in [2.05, 4.69) is 24.9 Å². The zero-order valence-electron chi connectivity index (χ0n) is 9.20. The van der Waals surface area contributed by atoms with Crippen LogP contribution in [0.1, 0.15) is 20.8 Å². The molecule has 1 N–H and O–H groups in total. The Kier molecular flexibility index (Phi) is 7.75. The highest BCUT2D eigenvalue weighted by molar-refractivity contribution is 5.72. The number of aliphatic hydroxyl groups is 1. The van der Waals surface area contributed by atoms with Crippen LogP contribution in [0.3, 0.4) is 0 Å². The Hall–Kier alpha value is -1.15. The molecule has 0 unspecified atom stereocenters. The Morgan fingerprint density at radius 2 is 1.93 bits per heavy atom. The summed E-state index contributed by atoms with van der Waals surface area (Å²) in [7, 11) is 0. The number of aliphatic hydroxyl groups excluding tert-OH is 1. The van der Waals surface area contributed by atoms with Gasteiger partial charge in [0.1, 0.15) is 0 Å². The van der Waals surface area contributed by atoms with E-state index in [-0.39, 0.29) is 6.61 Å². The average molecular weight is 193 g/mol. The van der Waals surface area contributed by atoms with E-state index in [4.69, 9.17) is 5.11 Å². The molecule has 0 rings (SSSR count). The first-order valence-electron chi connectivity index (χ1n) is 4.76. The van der Waals surface area contributed by atoms with Crippen molar-refractivity contribution in [1.82, 2.24) is 0 Å². The molecule has 0 atom stereocenters. The third-order valence-electron chi connectivity index (χ3n) is 1.46. The first-order chi connectivity index (χ1) is 6.66. The molecule has 78 valence electrons. The lowest BCUT2D eigenvalue weighted by molar-refractivity contribution is 0.307. The lowest BCUT2D eigenvalue weighted by Gasteiger charge is -1.88. The maximum Gasteiger partial charge on any atom is 0.0626 e. The van der Waals surface area contributed by atoms with Gasteiger partial charge in [-0.2, -0.15) is 0 Å². The molecule has 2 heteroatoms. The molecule has 0 aliphatic rings. The maximum absolute atomic E-state index is 8.48. The molecule has 0 aromatic heterocycles. The van der Waals surface area contributed by atoms with Crippen molar-refractivity contribution in [3.63, 3.8) is 0 Å². The van der Waals surface area contributed by atoms with E-state index in [9.17, 15) is 0 Å². The Labute approximate surface area is 86.4 Å². The van der Waals surface area contributed by atoms with Crippen LogP contribution in [0, 0.1) is 0 Å². The van der Waals surface area contributed by atoms with Crippen molar-refractivity contribution in [2.24, 2.45) is 4.99 Å². The van der Waals surface area contributed by atoms with Crippen molar-refractivity contribution in [2.45, 2.75) is 20.8 Å². The second-order valence-corrected chi connectivity index (χ2v) is 3.29. The summed E-state index contributed by atoms with van der Waals surface area (Å²) in [6, 6.07) is 0. The molecule has 0 spiro atoms. The Morgan fingerprint density at radius 3 is 2.50 bits per heavy atom. The monoisotopic (exact) mass is 193 g/mol. The first-order valence-corrected chi connectivity index (χ1v) is 4.76. The summed E-state index contributed by atoms with van der Waals surface area (Å²) in [4.78, 5) is 3.97. The van der Waals surface area contributed by atoms with Gasteiger partial charge in [0.2, 0.25) is 0 Å². The fourth-order valence-electron chi connectivity index (χ4n) is 0.750. The lowest BCUT2D eigenvalue weighted by atomic mass is 10.2. The number of hydrogen-bond acceptors (Lipinski definition) is 2. The minimum Gasteiger partial charge on any atom is -0.394 e. The van der Waals surface area contributed by atoms with Crippen LogP contribution in [0.5, 0.6) is 0 Å². The minimum atomic E-state index is 0.108. The molecule has 0 saturated heterocycles. The fourth-order valence-corrected chi connectivity index (χ4v) is 0.750. The standard InChI is InChI=1S/C12H19NO/c1-11(2)5-4-6-12(3)7-8-13-9-10-14/h4-8,14H,9-10H2,1-3H3/b6-4+,12-7+,13-8?. The third kappa shape index (κ3) is 8.94. The Bertz CT molecular complexity index is 255. The van der Waals surface area contributed by atoms with E-state index in [1.807, 2.05) is 25.2 Å². The zero-order chi connectivity index (χ0) is 10.8. The number of hydrogen-bond donors (Lipinski definition) is 1. The van der Waals surface area contributed by atoms with Gasteiger partial charge in [0.25, 0.3) is 0 Å². The van der Waals surface area contributed by atoms with Gasteiger partial charge in [-0.1, -0.05) is 23.8 Å². The van der Waals surface area contributed by atoms with Crippen molar-refractivity contribution >= 4 is 6.21 Å². The van der Waals surface area contributed by atoms with Crippen LogP contribution in [-0.4, -0.2) is 24.5 Å². The molecule has 14 heavy (non-hydrogen) atoms. The topological polar surface area (TPSA) is 32.6 Å². The number of rotatable bonds is 5. The highest BCUT2D eigenvalue weighted by Crippen LogP contribution is 1.95. The molecule has 0 fully saturated rings. The molecule has 0 radical (unpaired) electrons. The van der Waals surface area contributed by atoms with Crippen LogP contribution in [0.15, 0.2) is 40.4 Å². The summed E-state index contributed by atoms with van der Waals surface area (Å²) in [5, 5.41) is 8.48. The average Bonchev–Trinajstić information content (AvgIpc) is 2.12. The van der Waals surface area contributed by atoms with E-state index in [0.29, 0.717) is 6.54 Å². The lowest BCUT2D eigenvalue weighted by Crippen LogP contribution is -1.86. The number of aliphatic imine (C=N–C) groups is 1. The second kappa shape index (κ2) is 8.45. The highest BCUT2D eigenvalue weighted by atomic mass is 16.3. The predicted octanol–water partition coefficient (Wildman–Crippen LogP) is 2.52. The van der Waals surface area contributed by atoms with Gasteiger partial charge in [-0.3, -0.25) is 4.99 Å². The van der Waals surface area contributed by atoms with Crippen LogP contribution >= 0.6 is 0 Å². The molecule has 2 nitrogen and oxygen atoms in total. The normalized spacial score (nSPS) is 12.7. The maximum atomic E-state index is 8.48. The van der Waals surface area contributed by atoms with Gasteiger partial charge in [0.15, 0.2) is 0 Å². The van der Waals surface area contributed by atoms with Crippen LogP contribution in [0.4, 0.5) is 0 Å². The van der Waals surface area contributed by atoms with E-state index >= 15 is 0 Å². The summed E-state index contributed by atoms with van der Waals surface area (Å²) in [5.74, 6) is 0. The van der Waals surface area contributed by atoms with Crippen LogP contribution < -0.4 is 0 Å². The van der Waals surface area contributed by atoms with Crippen molar-refractivity contribution in [1.29, 1.82) is 0 Å². The van der Waals surface area contributed by atoms with Gasteiger partial charge >= 0.3 is 0 Å². The molecule has 0 aromatic carbocycles. The number of allylic oxidation sites excluding steroid dienone is 6. The van der Waals surface area contributed by atoms with E-state index < -0.39 is 0 Å². The van der Waals surface area contributed by atoms with Gasteiger partial charge < -0.3 is 5.11 Å². The molecule has 0 aliphatic heterocycles. The van der Waals surface area contributed by atoms with Gasteiger partial charge in [0.05, 0.1) is 13.2 Å². The van der Waals surface area contributed by atoms with Crippen LogP contribution in [0.25, 0.3) is 0 Å².